The first-order chi connectivity index (χ1) is 8.54. The molecule has 1 N–H and O–H groups in total. The maximum Gasteiger partial charge on any atom is 0.453 e. The molecule has 1 aromatic rings. The van der Waals surface area contributed by atoms with Crippen molar-refractivity contribution in [3.8, 4) is 0 Å². The molecule has 0 aliphatic rings. The fourth-order valence-corrected chi connectivity index (χ4v) is 1.47. The van der Waals surface area contributed by atoms with Crippen molar-refractivity contribution < 1.29 is 27.1 Å². The van der Waals surface area contributed by atoms with Crippen LogP contribution in [0.4, 0.5) is 27.6 Å². The normalized spacial score (nSPS) is 14.3. The van der Waals surface area contributed by atoms with Gasteiger partial charge in [-0.15, -0.1) is 0 Å². The molecule has 1 atom stereocenters. The van der Waals surface area contributed by atoms with Crippen LogP contribution in [0.2, 0.25) is 0 Å². The van der Waals surface area contributed by atoms with Crippen LogP contribution in [-0.4, -0.2) is 31.3 Å². The molecule has 2 nitrogen and oxygen atoms in total. The van der Waals surface area contributed by atoms with Gasteiger partial charge < -0.3 is 10.0 Å². The molecule has 108 valence electrons. The number of aliphatic hydroxyl groups is 1. The van der Waals surface area contributed by atoms with Gasteiger partial charge in [0.05, 0.1) is 12.5 Å². The highest BCUT2D eigenvalue weighted by Crippen LogP contribution is 2.41. The van der Waals surface area contributed by atoms with Gasteiger partial charge >= 0.3 is 12.1 Å². The Morgan fingerprint density at radius 3 is 1.89 bits per heavy atom. The summed E-state index contributed by atoms with van der Waals surface area (Å²) in [6.45, 7) is 0. The van der Waals surface area contributed by atoms with Gasteiger partial charge in [0.15, 0.2) is 0 Å². The van der Waals surface area contributed by atoms with E-state index >= 15 is 0 Å². The molecule has 7 heteroatoms. The van der Waals surface area contributed by atoms with Crippen molar-refractivity contribution in [3.63, 3.8) is 0 Å². The van der Waals surface area contributed by atoms with E-state index in [0.29, 0.717) is 0 Å². The zero-order valence-corrected chi connectivity index (χ0v) is 10.4. The molecular weight excluding hydrogens is 269 g/mol. The third-order valence-electron chi connectivity index (χ3n) is 2.66. The Hall–Kier alpha value is -1.37. The molecule has 0 amide bonds. The Labute approximate surface area is 107 Å². The third-order valence-corrected chi connectivity index (χ3v) is 2.66. The monoisotopic (exact) mass is 283 g/mol. The van der Waals surface area contributed by atoms with Gasteiger partial charge in [-0.25, -0.2) is 0 Å². The van der Waals surface area contributed by atoms with Crippen molar-refractivity contribution in [1.82, 2.24) is 0 Å². The molecular formula is C12H14F5NO. The van der Waals surface area contributed by atoms with E-state index in [2.05, 4.69) is 0 Å². The van der Waals surface area contributed by atoms with Gasteiger partial charge in [0.2, 0.25) is 0 Å². The van der Waals surface area contributed by atoms with E-state index in [1.54, 1.807) is 19.0 Å². The minimum absolute atomic E-state index is 0.0227. The Morgan fingerprint density at radius 1 is 1.05 bits per heavy atom. The molecule has 19 heavy (non-hydrogen) atoms. The summed E-state index contributed by atoms with van der Waals surface area (Å²) in [6, 6.07) is 5.72. The molecule has 0 heterocycles. The highest BCUT2D eigenvalue weighted by Gasteiger charge is 2.58. The van der Waals surface area contributed by atoms with Gasteiger partial charge in [0, 0.05) is 19.8 Å². The van der Waals surface area contributed by atoms with Gasteiger partial charge in [-0.2, -0.15) is 22.0 Å². The van der Waals surface area contributed by atoms with Crippen LogP contribution in [-0.2, 0) is 0 Å². The second-order valence-corrected chi connectivity index (χ2v) is 4.41. The van der Waals surface area contributed by atoms with Gasteiger partial charge in [0.1, 0.15) is 0 Å². The van der Waals surface area contributed by atoms with Gasteiger partial charge in [0.25, 0.3) is 0 Å². The average molecular weight is 283 g/mol. The quantitative estimate of drug-likeness (QED) is 0.856. The summed E-state index contributed by atoms with van der Waals surface area (Å²) in [7, 11) is 3.51. The number of alkyl halides is 5. The second kappa shape index (κ2) is 5.32. The smallest absolute Gasteiger partial charge is 0.388 e. The van der Waals surface area contributed by atoms with E-state index in [9.17, 15) is 27.1 Å². The van der Waals surface area contributed by atoms with E-state index in [0.717, 1.165) is 5.69 Å². The summed E-state index contributed by atoms with van der Waals surface area (Å²) in [5.41, 5.74) is 0.771. The standard InChI is InChI=1S/C12H14F5NO/c1-18(2)9-5-3-8(4-6-9)10(19)7-11(13,14)12(15,16)17/h3-6,10,19H,7H2,1-2H3. The molecule has 0 bridgehead atoms. The zero-order valence-electron chi connectivity index (χ0n) is 10.4. The van der Waals surface area contributed by atoms with Gasteiger partial charge in [-0.3, -0.25) is 0 Å². The van der Waals surface area contributed by atoms with E-state index < -0.39 is 24.6 Å². The Balaban J connectivity index is 2.81. The maximum absolute atomic E-state index is 12.8. The van der Waals surface area contributed by atoms with Crippen molar-refractivity contribution in [3.05, 3.63) is 29.8 Å². The number of hydrogen-bond acceptors (Lipinski definition) is 2. The summed E-state index contributed by atoms with van der Waals surface area (Å²) in [4.78, 5) is 1.74. The van der Waals surface area contributed by atoms with Crippen molar-refractivity contribution in [2.24, 2.45) is 0 Å². The van der Waals surface area contributed by atoms with Gasteiger partial charge in [-0.1, -0.05) is 12.1 Å². The molecule has 1 aromatic carbocycles. The SMILES string of the molecule is CN(C)c1ccc(C(O)CC(F)(F)C(F)(F)F)cc1. The fourth-order valence-electron chi connectivity index (χ4n) is 1.47. The van der Waals surface area contributed by atoms with Crippen LogP contribution in [0.5, 0.6) is 0 Å². The molecule has 0 spiro atoms. The van der Waals surface area contributed by atoms with Crippen LogP contribution >= 0.6 is 0 Å². The molecule has 0 fully saturated rings. The van der Waals surface area contributed by atoms with Crippen LogP contribution in [0.15, 0.2) is 24.3 Å². The minimum atomic E-state index is -5.66. The Kier molecular flexibility index (Phi) is 4.39. The summed E-state index contributed by atoms with van der Waals surface area (Å²) in [5, 5.41) is 9.46. The number of hydrogen-bond donors (Lipinski definition) is 1. The predicted molar refractivity (Wildman–Crippen MR) is 61.3 cm³/mol. The lowest BCUT2D eigenvalue weighted by molar-refractivity contribution is -0.290. The number of benzene rings is 1. The fraction of sp³-hybridized carbons (Fsp3) is 0.500. The van der Waals surface area contributed by atoms with Crippen LogP contribution in [0.3, 0.4) is 0 Å². The number of rotatable bonds is 4. The maximum atomic E-state index is 12.8. The second-order valence-electron chi connectivity index (χ2n) is 4.41. The van der Waals surface area contributed by atoms with E-state index in [1.165, 1.54) is 24.3 Å². The van der Waals surface area contributed by atoms with Crippen LogP contribution in [0, 0.1) is 0 Å². The molecule has 0 aliphatic heterocycles. The highest BCUT2D eigenvalue weighted by molar-refractivity contribution is 5.46. The summed E-state index contributed by atoms with van der Waals surface area (Å²) in [5.74, 6) is -4.91. The number of nitrogens with zero attached hydrogens (tertiary/aromatic N) is 1. The van der Waals surface area contributed by atoms with Crippen LogP contribution < -0.4 is 4.90 Å². The predicted octanol–water partition coefficient (Wildman–Crippen LogP) is 3.37. The minimum Gasteiger partial charge on any atom is -0.388 e. The third kappa shape index (κ3) is 3.79. The first-order valence-electron chi connectivity index (χ1n) is 5.44. The number of anilines is 1. The first kappa shape index (κ1) is 15.7. The highest BCUT2D eigenvalue weighted by atomic mass is 19.4. The zero-order chi connectivity index (χ0) is 14.8. The number of aliphatic hydroxyl groups excluding tert-OH is 1. The van der Waals surface area contributed by atoms with Crippen LogP contribution in [0.25, 0.3) is 0 Å². The molecule has 0 saturated heterocycles. The average Bonchev–Trinajstić information content (AvgIpc) is 2.27. The molecule has 0 aromatic heterocycles. The molecule has 1 rings (SSSR count). The summed E-state index contributed by atoms with van der Waals surface area (Å²) in [6.07, 6.45) is -9.21. The Morgan fingerprint density at radius 2 is 1.53 bits per heavy atom. The Bertz CT molecular complexity index is 413. The lowest BCUT2D eigenvalue weighted by Gasteiger charge is -2.22. The molecule has 0 aliphatic carbocycles. The molecule has 1 unspecified atom stereocenters. The largest absolute Gasteiger partial charge is 0.453 e. The first-order valence-corrected chi connectivity index (χ1v) is 5.44. The van der Waals surface area contributed by atoms with Crippen molar-refractivity contribution in [2.45, 2.75) is 24.6 Å². The lowest BCUT2D eigenvalue weighted by Crippen LogP contribution is -2.37. The number of halogens is 5. The van der Waals surface area contributed by atoms with E-state index in [-0.39, 0.29) is 5.56 Å². The molecule has 0 saturated carbocycles. The summed E-state index contributed by atoms with van der Waals surface area (Å²) >= 11 is 0. The molecule has 0 radical (unpaired) electrons. The van der Waals surface area contributed by atoms with Crippen LogP contribution in [0.1, 0.15) is 18.1 Å². The topological polar surface area (TPSA) is 23.5 Å². The summed E-state index contributed by atoms with van der Waals surface area (Å²) < 4.78 is 61.6. The van der Waals surface area contributed by atoms with E-state index in [4.69, 9.17) is 0 Å². The van der Waals surface area contributed by atoms with Gasteiger partial charge in [-0.05, 0) is 17.7 Å². The van der Waals surface area contributed by atoms with E-state index in [1.807, 2.05) is 0 Å². The van der Waals surface area contributed by atoms with Crippen molar-refractivity contribution >= 4 is 5.69 Å². The lowest BCUT2D eigenvalue weighted by atomic mass is 10.0. The van der Waals surface area contributed by atoms with Crippen molar-refractivity contribution in [1.29, 1.82) is 0 Å². The van der Waals surface area contributed by atoms with Crippen molar-refractivity contribution in [2.75, 3.05) is 19.0 Å².